The molecule has 0 unspecified atom stereocenters. The molecule has 0 bridgehead atoms. The van der Waals surface area contributed by atoms with Crippen molar-refractivity contribution in [3.8, 4) is 0 Å². The highest BCUT2D eigenvalue weighted by molar-refractivity contribution is 5.59. The van der Waals surface area contributed by atoms with Gasteiger partial charge in [0.25, 0.3) is 0 Å². The molecule has 2 N–H and O–H groups in total. The molecule has 0 saturated carbocycles. The van der Waals surface area contributed by atoms with Crippen molar-refractivity contribution < 1.29 is 0 Å². The summed E-state index contributed by atoms with van der Waals surface area (Å²) in [5.41, 5.74) is 2.34. The van der Waals surface area contributed by atoms with E-state index in [1.165, 1.54) is 18.4 Å². The number of aromatic nitrogens is 1. The van der Waals surface area contributed by atoms with Gasteiger partial charge in [0.15, 0.2) is 0 Å². The smallest absolute Gasteiger partial charge is 0.135 e. The zero-order chi connectivity index (χ0) is 12.2. The topological polar surface area (TPSA) is 37.0 Å². The van der Waals surface area contributed by atoms with Gasteiger partial charge in [-0.3, -0.25) is 0 Å². The fourth-order valence-electron chi connectivity index (χ4n) is 2.41. The van der Waals surface area contributed by atoms with Gasteiger partial charge < -0.3 is 10.6 Å². The van der Waals surface area contributed by atoms with Crippen LogP contribution in [0.5, 0.6) is 0 Å². The second kappa shape index (κ2) is 5.19. The van der Waals surface area contributed by atoms with E-state index >= 15 is 0 Å². The summed E-state index contributed by atoms with van der Waals surface area (Å²) < 4.78 is 0. The van der Waals surface area contributed by atoms with Crippen molar-refractivity contribution in [3.63, 3.8) is 0 Å². The molecule has 3 nitrogen and oxygen atoms in total. The Bertz CT molecular complexity index is 504. The Morgan fingerprint density at radius 3 is 2.78 bits per heavy atom. The van der Waals surface area contributed by atoms with Crippen LogP contribution in [-0.2, 0) is 0 Å². The quantitative estimate of drug-likeness (QED) is 0.863. The maximum atomic E-state index is 4.47. The van der Waals surface area contributed by atoms with Gasteiger partial charge in [0.1, 0.15) is 5.82 Å². The van der Waals surface area contributed by atoms with Crippen LogP contribution >= 0.6 is 0 Å². The van der Waals surface area contributed by atoms with Crippen molar-refractivity contribution in [1.82, 2.24) is 10.3 Å². The number of rotatable bonds is 3. The highest BCUT2D eigenvalue weighted by atomic mass is 15.0. The van der Waals surface area contributed by atoms with Gasteiger partial charge in [0.05, 0.1) is 0 Å². The molecule has 3 rings (SSSR count). The maximum absolute atomic E-state index is 4.47. The summed E-state index contributed by atoms with van der Waals surface area (Å²) in [6, 6.07) is 14.8. The summed E-state index contributed by atoms with van der Waals surface area (Å²) in [6.07, 6.45) is 4.27. The van der Waals surface area contributed by atoms with Gasteiger partial charge in [-0.2, -0.15) is 0 Å². The van der Waals surface area contributed by atoms with E-state index in [4.69, 9.17) is 0 Å². The van der Waals surface area contributed by atoms with Crippen LogP contribution < -0.4 is 10.6 Å². The van der Waals surface area contributed by atoms with E-state index in [0.717, 1.165) is 18.1 Å². The number of nitrogens with one attached hydrogen (secondary N) is 2. The molecule has 1 fully saturated rings. The van der Waals surface area contributed by atoms with Crippen LogP contribution in [0, 0.1) is 0 Å². The summed E-state index contributed by atoms with van der Waals surface area (Å²) in [7, 11) is 0. The third-order valence-corrected chi connectivity index (χ3v) is 3.31. The van der Waals surface area contributed by atoms with Gasteiger partial charge in [-0.25, -0.2) is 4.98 Å². The van der Waals surface area contributed by atoms with Crippen LogP contribution in [0.2, 0.25) is 0 Å². The lowest BCUT2D eigenvalue weighted by Gasteiger charge is -2.16. The number of hydrogen-bond donors (Lipinski definition) is 2. The predicted octanol–water partition coefficient (Wildman–Crippen LogP) is 3.25. The Kier molecular flexibility index (Phi) is 3.24. The van der Waals surface area contributed by atoms with Gasteiger partial charge in [0, 0.05) is 23.5 Å². The van der Waals surface area contributed by atoms with Gasteiger partial charge in [0.2, 0.25) is 0 Å². The molecule has 2 aromatic rings. The number of hydrogen-bond acceptors (Lipinski definition) is 3. The molecule has 18 heavy (non-hydrogen) atoms. The molecule has 1 atom stereocenters. The largest absolute Gasteiger partial charge is 0.340 e. The Balaban J connectivity index is 1.87. The van der Waals surface area contributed by atoms with Crippen molar-refractivity contribution in [2.75, 3.05) is 11.9 Å². The lowest BCUT2D eigenvalue weighted by molar-refractivity contribution is 0.647. The summed E-state index contributed by atoms with van der Waals surface area (Å²) in [5.74, 6) is 0.961. The van der Waals surface area contributed by atoms with Crippen molar-refractivity contribution in [1.29, 1.82) is 0 Å². The Labute approximate surface area is 107 Å². The van der Waals surface area contributed by atoms with E-state index in [1.807, 2.05) is 30.5 Å². The van der Waals surface area contributed by atoms with E-state index in [0.29, 0.717) is 6.04 Å². The van der Waals surface area contributed by atoms with E-state index in [9.17, 15) is 0 Å². The molecule has 0 spiro atoms. The minimum absolute atomic E-state index is 0.435. The van der Waals surface area contributed by atoms with Crippen molar-refractivity contribution in [2.45, 2.75) is 18.9 Å². The minimum Gasteiger partial charge on any atom is -0.340 e. The van der Waals surface area contributed by atoms with Crippen LogP contribution in [0.3, 0.4) is 0 Å². The average Bonchev–Trinajstić information content (AvgIpc) is 2.94. The molecule has 1 aliphatic heterocycles. The van der Waals surface area contributed by atoms with Gasteiger partial charge in [-0.05, 0) is 37.6 Å². The molecule has 92 valence electrons. The average molecular weight is 239 g/mol. The van der Waals surface area contributed by atoms with Gasteiger partial charge in [-0.1, -0.05) is 24.3 Å². The molecule has 0 radical (unpaired) electrons. The third kappa shape index (κ3) is 2.36. The Morgan fingerprint density at radius 1 is 1.11 bits per heavy atom. The fourth-order valence-corrected chi connectivity index (χ4v) is 2.41. The van der Waals surface area contributed by atoms with Crippen molar-refractivity contribution in [2.24, 2.45) is 0 Å². The first kappa shape index (κ1) is 11.2. The van der Waals surface area contributed by atoms with E-state index in [1.54, 1.807) is 0 Å². The zero-order valence-corrected chi connectivity index (χ0v) is 10.3. The number of benzene rings is 1. The minimum atomic E-state index is 0.435. The predicted molar refractivity (Wildman–Crippen MR) is 73.9 cm³/mol. The first-order valence-electron chi connectivity index (χ1n) is 6.44. The van der Waals surface area contributed by atoms with Crippen molar-refractivity contribution in [3.05, 3.63) is 54.2 Å². The summed E-state index contributed by atoms with van der Waals surface area (Å²) in [6.45, 7) is 1.10. The molecule has 0 aliphatic carbocycles. The highest BCUT2D eigenvalue weighted by Gasteiger charge is 2.19. The highest BCUT2D eigenvalue weighted by Crippen LogP contribution is 2.29. The summed E-state index contributed by atoms with van der Waals surface area (Å²) in [4.78, 5) is 4.47. The lowest BCUT2D eigenvalue weighted by Crippen LogP contribution is -2.14. The molecular formula is C15H17N3. The third-order valence-electron chi connectivity index (χ3n) is 3.31. The molecule has 1 aromatic carbocycles. The molecule has 1 aromatic heterocycles. The van der Waals surface area contributed by atoms with Crippen LogP contribution in [0.25, 0.3) is 0 Å². The summed E-state index contributed by atoms with van der Waals surface area (Å²) in [5, 5.41) is 6.92. The number of para-hydroxylation sites is 1. The Morgan fingerprint density at radius 2 is 2.00 bits per heavy atom. The Hall–Kier alpha value is -1.87. The molecular weight excluding hydrogens is 222 g/mol. The van der Waals surface area contributed by atoms with Crippen LogP contribution in [0.4, 0.5) is 11.5 Å². The van der Waals surface area contributed by atoms with E-state index in [-0.39, 0.29) is 0 Å². The molecule has 0 amide bonds. The SMILES string of the molecule is c1ccc(Nc2ncccc2[C@@H]2CCCN2)cc1. The maximum Gasteiger partial charge on any atom is 0.135 e. The number of pyridine rings is 1. The van der Waals surface area contributed by atoms with Crippen molar-refractivity contribution >= 4 is 11.5 Å². The van der Waals surface area contributed by atoms with Crippen LogP contribution in [0.1, 0.15) is 24.4 Å². The van der Waals surface area contributed by atoms with Gasteiger partial charge in [-0.15, -0.1) is 0 Å². The fraction of sp³-hybridized carbons (Fsp3) is 0.267. The molecule has 2 heterocycles. The monoisotopic (exact) mass is 239 g/mol. The molecule has 1 aliphatic rings. The first-order chi connectivity index (χ1) is 8.93. The first-order valence-corrected chi connectivity index (χ1v) is 6.44. The summed E-state index contributed by atoms with van der Waals surface area (Å²) >= 11 is 0. The normalized spacial score (nSPS) is 18.8. The zero-order valence-electron chi connectivity index (χ0n) is 10.3. The number of anilines is 2. The lowest BCUT2D eigenvalue weighted by atomic mass is 10.1. The van der Waals surface area contributed by atoms with E-state index in [2.05, 4.69) is 33.8 Å². The molecule has 1 saturated heterocycles. The number of nitrogens with zero attached hydrogens (tertiary/aromatic N) is 1. The standard InChI is InChI=1S/C15H17N3/c1-2-6-12(7-3-1)18-15-13(8-4-11-17-15)14-9-5-10-16-14/h1-4,6-8,11,14,16H,5,9-10H2,(H,17,18)/t14-/m0/s1. The molecule has 3 heteroatoms. The second-order valence-electron chi connectivity index (χ2n) is 4.58. The van der Waals surface area contributed by atoms with Crippen LogP contribution in [0.15, 0.2) is 48.7 Å². The second-order valence-corrected chi connectivity index (χ2v) is 4.58. The van der Waals surface area contributed by atoms with E-state index < -0.39 is 0 Å². The van der Waals surface area contributed by atoms with Crippen LogP contribution in [-0.4, -0.2) is 11.5 Å². The van der Waals surface area contributed by atoms with Gasteiger partial charge >= 0.3 is 0 Å².